The van der Waals surface area contributed by atoms with Gasteiger partial charge < -0.3 is 0 Å². The summed E-state index contributed by atoms with van der Waals surface area (Å²) >= 11 is 4.55. The summed E-state index contributed by atoms with van der Waals surface area (Å²) in [7, 11) is 1.27. The first-order chi connectivity index (χ1) is 2.81. The maximum Gasteiger partial charge on any atom is 0.0738 e. The second-order valence-electron chi connectivity index (χ2n) is 0.905. The zero-order chi connectivity index (χ0) is 4.99. The summed E-state index contributed by atoms with van der Waals surface area (Å²) in [5, 5.41) is 0.194. The van der Waals surface area contributed by atoms with Crippen LogP contribution >= 0.6 is 22.5 Å². The first-order valence-electron chi connectivity index (χ1n) is 1.56. The molecule has 0 saturated heterocycles. The third-order valence-electron chi connectivity index (χ3n) is 0.379. The van der Waals surface area contributed by atoms with E-state index in [4.69, 9.17) is 6.42 Å². The average molecular weight is 117 g/mol. The minimum absolute atomic E-state index is 0.194. The monoisotopic (exact) mass is 117 g/mol. The van der Waals surface area contributed by atoms with E-state index >= 15 is 0 Å². The van der Waals surface area contributed by atoms with Gasteiger partial charge in [0.1, 0.15) is 0 Å². The highest BCUT2D eigenvalue weighted by molar-refractivity contribution is 8.68. The van der Waals surface area contributed by atoms with E-state index in [0.29, 0.717) is 0 Å². The largest absolute Gasteiger partial charge is 0.119 e. The summed E-state index contributed by atoms with van der Waals surface area (Å²) in [6, 6.07) is 0. The highest BCUT2D eigenvalue weighted by Crippen LogP contribution is 2.11. The van der Waals surface area contributed by atoms with Gasteiger partial charge in [-0.3, -0.25) is 0 Å². The molecular formula is C4H5S2. The van der Waals surface area contributed by atoms with E-state index < -0.39 is 0 Å². The van der Waals surface area contributed by atoms with Crippen molar-refractivity contribution in [3.05, 3.63) is 0 Å². The molecule has 0 bridgehead atoms. The fourth-order valence-electron chi connectivity index (χ4n) is 0.0278. The van der Waals surface area contributed by atoms with Crippen LogP contribution in [0, 0.1) is 12.3 Å². The Hall–Kier alpha value is 0.260. The van der Waals surface area contributed by atoms with Gasteiger partial charge in [-0.05, 0) is 18.6 Å². The maximum atomic E-state index is 4.95. The van der Waals surface area contributed by atoms with Crippen LogP contribution in [0.3, 0.4) is 0 Å². The molecule has 2 heteroatoms. The lowest BCUT2D eigenvalue weighted by molar-refractivity contribution is 1.32. The number of hydrogen-bond acceptors (Lipinski definition) is 1. The third-order valence-corrected chi connectivity index (χ3v) is 1.67. The summed E-state index contributed by atoms with van der Waals surface area (Å²) in [6.07, 6.45) is 4.95. The van der Waals surface area contributed by atoms with Crippen molar-refractivity contribution in [1.29, 1.82) is 0 Å². The van der Waals surface area contributed by atoms with E-state index in [1.54, 1.807) is 0 Å². The van der Waals surface area contributed by atoms with Crippen LogP contribution < -0.4 is 0 Å². The molecule has 1 radical (unpaired) electrons. The molecule has 0 aromatic heterocycles. The Labute approximate surface area is 47.5 Å². The predicted molar refractivity (Wildman–Crippen MR) is 33.5 cm³/mol. The van der Waals surface area contributed by atoms with Crippen molar-refractivity contribution in [1.82, 2.24) is 0 Å². The molecule has 0 aliphatic rings. The summed E-state index contributed by atoms with van der Waals surface area (Å²) < 4.78 is 0. The van der Waals surface area contributed by atoms with Gasteiger partial charge in [0.2, 0.25) is 0 Å². The van der Waals surface area contributed by atoms with Crippen LogP contribution in [0.5, 0.6) is 0 Å². The van der Waals surface area contributed by atoms with E-state index in [0.717, 1.165) is 0 Å². The molecule has 0 saturated carbocycles. The summed E-state index contributed by atoms with van der Waals surface area (Å²) in [5.74, 6) is 2.47. The Kier molecular flexibility index (Phi) is 3.60. The van der Waals surface area contributed by atoms with Gasteiger partial charge in [0.15, 0.2) is 0 Å². The van der Waals surface area contributed by atoms with Crippen molar-refractivity contribution in [2.75, 3.05) is 0 Å². The normalized spacial score (nSPS) is 12.8. The van der Waals surface area contributed by atoms with Crippen molar-refractivity contribution < 1.29 is 0 Å². The molecule has 6 heavy (non-hydrogen) atoms. The Morgan fingerprint density at radius 3 is 2.50 bits per heavy atom. The van der Waals surface area contributed by atoms with Crippen LogP contribution in [0.2, 0.25) is 0 Å². The molecule has 0 aromatic carbocycles. The minimum atomic E-state index is 0.194. The Balaban J connectivity index is 3.04. The predicted octanol–water partition coefficient (Wildman–Crippen LogP) is 1.85. The van der Waals surface area contributed by atoms with Gasteiger partial charge in [-0.2, -0.15) is 0 Å². The highest BCUT2D eigenvalue weighted by Gasteiger charge is 1.87. The van der Waals surface area contributed by atoms with Crippen LogP contribution in [0.15, 0.2) is 0 Å². The lowest BCUT2D eigenvalue weighted by atomic mass is 10.5. The Bertz CT molecular complexity index is 62.4. The van der Waals surface area contributed by atoms with Crippen molar-refractivity contribution in [3.8, 4) is 12.3 Å². The van der Waals surface area contributed by atoms with Crippen LogP contribution in [0.1, 0.15) is 6.92 Å². The molecule has 0 heterocycles. The van der Waals surface area contributed by atoms with Gasteiger partial charge >= 0.3 is 0 Å². The van der Waals surface area contributed by atoms with E-state index in [1.165, 1.54) is 10.8 Å². The molecule has 0 nitrogen and oxygen atoms in total. The van der Waals surface area contributed by atoms with E-state index in [2.05, 4.69) is 17.6 Å². The minimum Gasteiger partial charge on any atom is -0.119 e. The molecule has 0 aliphatic carbocycles. The van der Waals surface area contributed by atoms with E-state index in [9.17, 15) is 0 Å². The molecule has 0 N–H and O–H groups in total. The maximum absolute atomic E-state index is 4.95. The molecule has 0 amide bonds. The van der Waals surface area contributed by atoms with Crippen molar-refractivity contribution in [2.45, 2.75) is 12.2 Å². The fraction of sp³-hybridized carbons (Fsp3) is 0.500. The first kappa shape index (κ1) is 6.26. The molecule has 0 fully saturated rings. The molecule has 0 spiro atoms. The van der Waals surface area contributed by atoms with E-state index in [1.807, 2.05) is 6.92 Å². The quantitative estimate of drug-likeness (QED) is 0.373. The standard InChI is InChI=1S/C4H5S2/c1-3-4(2)6-5/h1,4H,2H3. The fourth-order valence-corrected chi connectivity index (χ4v) is 0.250. The SMILES string of the molecule is C#CC(C)S[S]. The molecular weight excluding hydrogens is 112 g/mol. The van der Waals surface area contributed by atoms with Gasteiger partial charge in [0.05, 0.1) is 5.25 Å². The van der Waals surface area contributed by atoms with Crippen LogP contribution in [0.25, 0.3) is 0 Å². The summed E-state index contributed by atoms with van der Waals surface area (Å²) in [6.45, 7) is 1.90. The molecule has 0 aromatic rings. The van der Waals surface area contributed by atoms with Crippen molar-refractivity contribution in [2.24, 2.45) is 0 Å². The van der Waals surface area contributed by atoms with Crippen LogP contribution in [0.4, 0.5) is 0 Å². The molecule has 1 atom stereocenters. The topological polar surface area (TPSA) is 0 Å². The van der Waals surface area contributed by atoms with Crippen LogP contribution in [-0.2, 0) is 0 Å². The number of terminal acetylenes is 1. The molecule has 0 rings (SSSR count). The van der Waals surface area contributed by atoms with Gasteiger partial charge in [0, 0.05) is 0 Å². The Morgan fingerprint density at radius 2 is 2.50 bits per heavy atom. The number of hydrogen-bond donors (Lipinski definition) is 0. The smallest absolute Gasteiger partial charge is 0.0738 e. The average Bonchev–Trinajstić information content (AvgIpc) is 1.65. The highest BCUT2D eigenvalue weighted by atomic mass is 33.1. The first-order valence-corrected chi connectivity index (χ1v) is 3.36. The third kappa shape index (κ3) is 2.49. The van der Waals surface area contributed by atoms with E-state index in [-0.39, 0.29) is 5.25 Å². The lowest BCUT2D eigenvalue weighted by Crippen LogP contribution is -1.81. The Morgan fingerprint density at radius 1 is 2.00 bits per heavy atom. The number of rotatable bonds is 1. The molecule has 0 aliphatic heterocycles. The van der Waals surface area contributed by atoms with Gasteiger partial charge in [-0.25, -0.2) is 0 Å². The zero-order valence-corrected chi connectivity index (χ0v) is 5.10. The summed E-state index contributed by atoms with van der Waals surface area (Å²) in [4.78, 5) is 0. The van der Waals surface area contributed by atoms with Gasteiger partial charge in [0.25, 0.3) is 0 Å². The second kappa shape index (κ2) is 3.45. The van der Waals surface area contributed by atoms with Crippen LogP contribution in [-0.4, -0.2) is 5.25 Å². The zero-order valence-electron chi connectivity index (χ0n) is 3.47. The summed E-state index contributed by atoms with van der Waals surface area (Å²) in [5.41, 5.74) is 0. The lowest BCUT2D eigenvalue weighted by Gasteiger charge is -1.88. The van der Waals surface area contributed by atoms with Crippen molar-refractivity contribution in [3.63, 3.8) is 0 Å². The van der Waals surface area contributed by atoms with Crippen molar-refractivity contribution >= 4 is 22.5 Å². The molecule has 33 valence electrons. The van der Waals surface area contributed by atoms with Gasteiger partial charge in [-0.15, -0.1) is 6.42 Å². The molecule has 1 unspecified atom stereocenters. The van der Waals surface area contributed by atoms with Gasteiger partial charge in [-0.1, -0.05) is 16.7 Å². The second-order valence-corrected chi connectivity index (χ2v) is 2.38.